The van der Waals surface area contributed by atoms with E-state index in [-0.39, 0.29) is 17.7 Å². The normalized spacial score (nSPS) is 16.2. The number of nitrogens with zero attached hydrogens (tertiary/aromatic N) is 3. The van der Waals surface area contributed by atoms with Crippen molar-refractivity contribution in [2.24, 2.45) is 0 Å². The molecule has 2 aromatic rings. The predicted octanol–water partition coefficient (Wildman–Crippen LogP) is 3.62. The fraction of sp³-hybridized carbons (Fsp3) is 0.500. The van der Waals surface area contributed by atoms with E-state index in [0.29, 0.717) is 41.9 Å². The molecule has 0 aliphatic carbocycles. The first-order chi connectivity index (χ1) is 11.8. The molecule has 1 aromatic heterocycles. The van der Waals surface area contributed by atoms with Crippen molar-refractivity contribution in [1.82, 2.24) is 14.7 Å². The molecule has 1 saturated heterocycles. The first kappa shape index (κ1) is 17.7. The van der Waals surface area contributed by atoms with Gasteiger partial charge in [-0.3, -0.25) is 4.79 Å². The van der Waals surface area contributed by atoms with E-state index in [9.17, 15) is 9.59 Å². The van der Waals surface area contributed by atoms with Crippen LogP contribution in [0, 0.1) is 0 Å². The maximum absolute atomic E-state index is 12.7. The largest absolute Gasteiger partial charge is 0.444 e. The number of piperidine rings is 1. The first-order valence-electron chi connectivity index (χ1n) is 8.41. The molecule has 2 heterocycles. The molecule has 0 unspecified atom stereocenters. The third kappa shape index (κ3) is 3.79. The summed E-state index contributed by atoms with van der Waals surface area (Å²) in [6.07, 6.45) is 0.963. The minimum absolute atomic E-state index is 0.0757. The first-order valence-corrected chi connectivity index (χ1v) is 8.79. The van der Waals surface area contributed by atoms with Gasteiger partial charge in [-0.15, -0.1) is 0 Å². The highest BCUT2D eigenvalue weighted by Gasteiger charge is 2.28. The van der Waals surface area contributed by atoms with Gasteiger partial charge in [0, 0.05) is 18.5 Å². The molecule has 134 valence electrons. The number of benzene rings is 1. The second-order valence-corrected chi connectivity index (χ2v) is 7.64. The van der Waals surface area contributed by atoms with Gasteiger partial charge in [0.2, 0.25) is 0 Å². The molecule has 1 fully saturated rings. The summed E-state index contributed by atoms with van der Waals surface area (Å²) < 4.78 is 6.87. The van der Waals surface area contributed by atoms with Crippen LogP contribution >= 0.6 is 11.6 Å². The number of amides is 1. The molecular weight excluding hydrogens is 342 g/mol. The zero-order chi connectivity index (χ0) is 18.2. The fourth-order valence-electron chi connectivity index (χ4n) is 3.03. The number of likely N-dealkylation sites (tertiary alicyclic amines) is 1. The van der Waals surface area contributed by atoms with E-state index in [0.717, 1.165) is 0 Å². The Morgan fingerprint density at radius 1 is 1.20 bits per heavy atom. The van der Waals surface area contributed by atoms with Crippen LogP contribution in [-0.4, -0.2) is 39.5 Å². The van der Waals surface area contributed by atoms with E-state index in [4.69, 9.17) is 16.3 Å². The number of aromatic nitrogens is 2. The number of hydrogen-bond donors (Lipinski definition) is 0. The van der Waals surface area contributed by atoms with Crippen LogP contribution in [0.5, 0.6) is 0 Å². The average molecular weight is 364 g/mol. The number of carbonyl (C=O) groups excluding carboxylic acids is 1. The highest BCUT2D eigenvalue weighted by atomic mass is 35.5. The highest BCUT2D eigenvalue weighted by molar-refractivity contribution is 6.34. The van der Waals surface area contributed by atoms with Gasteiger partial charge >= 0.3 is 6.09 Å². The van der Waals surface area contributed by atoms with Crippen molar-refractivity contribution in [2.45, 2.75) is 45.3 Å². The Morgan fingerprint density at radius 3 is 2.40 bits per heavy atom. The number of ether oxygens (including phenoxy) is 1. The number of hydrogen-bond acceptors (Lipinski definition) is 4. The summed E-state index contributed by atoms with van der Waals surface area (Å²) in [5.41, 5.74) is -0.658. The summed E-state index contributed by atoms with van der Waals surface area (Å²) in [5.74, 6) is 0. The monoisotopic (exact) mass is 363 g/mol. The lowest BCUT2D eigenvalue weighted by Gasteiger charge is -2.33. The van der Waals surface area contributed by atoms with Crippen molar-refractivity contribution in [1.29, 1.82) is 0 Å². The standard InChI is InChI=1S/C18H22ClN3O3/c1-18(2,3)25-17(24)21-10-8-12(9-11-21)22-16(23)14-7-5-4-6-13(14)15(19)20-22/h4-7,12H,8-11H2,1-3H3. The molecule has 1 aliphatic rings. The lowest BCUT2D eigenvalue weighted by Crippen LogP contribution is -2.43. The van der Waals surface area contributed by atoms with Crippen LogP contribution in [0.1, 0.15) is 39.7 Å². The highest BCUT2D eigenvalue weighted by Crippen LogP contribution is 2.25. The molecule has 0 spiro atoms. The van der Waals surface area contributed by atoms with Gasteiger partial charge in [0.25, 0.3) is 5.56 Å². The van der Waals surface area contributed by atoms with Gasteiger partial charge < -0.3 is 9.64 Å². The van der Waals surface area contributed by atoms with Gasteiger partial charge in [-0.25, -0.2) is 9.48 Å². The van der Waals surface area contributed by atoms with Crippen molar-refractivity contribution in [3.8, 4) is 0 Å². The molecule has 0 N–H and O–H groups in total. The van der Waals surface area contributed by atoms with Crippen molar-refractivity contribution in [3.05, 3.63) is 39.8 Å². The SMILES string of the molecule is CC(C)(C)OC(=O)N1CCC(n2nc(Cl)c3ccccc3c2=O)CC1. The Kier molecular flexibility index (Phi) is 4.73. The molecule has 25 heavy (non-hydrogen) atoms. The second-order valence-electron chi connectivity index (χ2n) is 7.28. The molecule has 0 radical (unpaired) electrons. The van der Waals surface area contributed by atoms with Crippen LogP contribution < -0.4 is 5.56 Å². The molecule has 1 aliphatic heterocycles. The number of fused-ring (bicyclic) bond motifs is 1. The predicted molar refractivity (Wildman–Crippen MR) is 97.1 cm³/mol. The zero-order valence-corrected chi connectivity index (χ0v) is 15.4. The molecule has 1 aromatic carbocycles. The van der Waals surface area contributed by atoms with E-state index >= 15 is 0 Å². The number of halogens is 1. The van der Waals surface area contributed by atoms with Crippen LogP contribution in [0.3, 0.4) is 0 Å². The summed E-state index contributed by atoms with van der Waals surface area (Å²) >= 11 is 6.25. The molecule has 0 atom stereocenters. The number of rotatable bonds is 1. The van der Waals surface area contributed by atoms with Gasteiger partial charge in [-0.2, -0.15) is 5.10 Å². The topological polar surface area (TPSA) is 64.4 Å². The Hall–Kier alpha value is -2.08. The maximum atomic E-state index is 12.7. The van der Waals surface area contributed by atoms with Crippen LogP contribution in [0.15, 0.2) is 29.1 Å². The summed E-state index contributed by atoms with van der Waals surface area (Å²) in [6, 6.07) is 7.13. The van der Waals surface area contributed by atoms with Gasteiger partial charge in [0.05, 0.1) is 11.4 Å². The molecule has 3 rings (SSSR count). The van der Waals surface area contributed by atoms with Crippen molar-refractivity contribution >= 4 is 28.5 Å². The van der Waals surface area contributed by atoms with Crippen molar-refractivity contribution in [2.75, 3.05) is 13.1 Å². The molecule has 6 nitrogen and oxygen atoms in total. The maximum Gasteiger partial charge on any atom is 0.410 e. The molecule has 0 bridgehead atoms. The lowest BCUT2D eigenvalue weighted by atomic mass is 10.1. The van der Waals surface area contributed by atoms with Crippen LogP contribution in [0.2, 0.25) is 5.15 Å². The van der Waals surface area contributed by atoms with Gasteiger partial charge in [0.1, 0.15) is 5.60 Å². The van der Waals surface area contributed by atoms with E-state index in [1.165, 1.54) is 4.68 Å². The molecule has 0 saturated carbocycles. The van der Waals surface area contributed by atoms with Crippen molar-refractivity contribution < 1.29 is 9.53 Å². The summed E-state index contributed by atoms with van der Waals surface area (Å²) in [4.78, 5) is 26.5. The van der Waals surface area contributed by atoms with Gasteiger partial charge in [0.15, 0.2) is 5.15 Å². The quantitative estimate of drug-likeness (QED) is 0.776. The number of carbonyl (C=O) groups is 1. The fourth-order valence-corrected chi connectivity index (χ4v) is 3.28. The Morgan fingerprint density at radius 2 is 1.80 bits per heavy atom. The van der Waals surface area contributed by atoms with E-state index in [2.05, 4.69) is 5.10 Å². The lowest BCUT2D eigenvalue weighted by molar-refractivity contribution is 0.0183. The third-order valence-electron chi connectivity index (χ3n) is 4.25. The zero-order valence-electron chi connectivity index (χ0n) is 14.7. The summed E-state index contributed by atoms with van der Waals surface area (Å²) in [6.45, 7) is 6.59. The summed E-state index contributed by atoms with van der Waals surface area (Å²) in [5, 5.41) is 5.84. The van der Waals surface area contributed by atoms with E-state index < -0.39 is 5.60 Å². The second kappa shape index (κ2) is 6.67. The minimum atomic E-state index is -0.516. The minimum Gasteiger partial charge on any atom is -0.444 e. The van der Waals surface area contributed by atoms with Crippen LogP contribution in [0.25, 0.3) is 10.8 Å². The third-order valence-corrected chi connectivity index (χ3v) is 4.52. The Labute approximate surface area is 151 Å². The van der Waals surface area contributed by atoms with Crippen LogP contribution in [-0.2, 0) is 4.74 Å². The van der Waals surface area contributed by atoms with Gasteiger partial charge in [-0.1, -0.05) is 29.8 Å². The van der Waals surface area contributed by atoms with E-state index in [1.54, 1.807) is 17.0 Å². The Bertz CT molecular complexity index is 849. The van der Waals surface area contributed by atoms with Gasteiger partial charge in [-0.05, 0) is 39.7 Å². The Balaban J connectivity index is 1.78. The molecular formula is C18H22ClN3O3. The van der Waals surface area contributed by atoms with E-state index in [1.807, 2.05) is 32.9 Å². The molecule has 1 amide bonds. The van der Waals surface area contributed by atoms with Crippen molar-refractivity contribution in [3.63, 3.8) is 0 Å². The average Bonchev–Trinajstić information content (AvgIpc) is 2.57. The van der Waals surface area contributed by atoms with Crippen LogP contribution in [0.4, 0.5) is 4.79 Å². The summed E-state index contributed by atoms with van der Waals surface area (Å²) in [7, 11) is 0. The smallest absolute Gasteiger partial charge is 0.410 e. The molecule has 7 heteroatoms.